The zero-order valence-electron chi connectivity index (χ0n) is 10.8. The van der Waals surface area contributed by atoms with E-state index in [1.165, 1.54) is 44.6 Å². The fraction of sp³-hybridized carbons (Fsp3) is 0.643. The van der Waals surface area contributed by atoms with Crippen molar-refractivity contribution in [2.45, 2.75) is 19.8 Å². The lowest BCUT2D eigenvalue weighted by atomic mass is 9.72. The molecule has 1 aromatic heterocycles. The molecule has 3 heteroatoms. The van der Waals surface area contributed by atoms with Gasteiger partial charge in [0.1, 0.15) is 5.82 Å². The Morgan fingerprint density at radius 1 is 1.18 bits per heavy atom. The van der Waals surface area contributed by atoms with E-state index in [0.29, 0.717) is 5.41 Å². The molecule has 2 aliphatic rings. The van der Waals surface area contributed by atoms with Crippen molar-refractivity contribution in [2.75, 3.05) is 38.1 Å². The van der Waals surface area contributed by atoms with E-state index in [1.54, 1.807) is 0 Å². The van der Waals surface area contributed by atoms with Gasteiger partial charge in [-0.3, -0.25) is 0 Å². The lowest BCUT2D eigenvalue weighted by molar-refractivity contribution is 0.00122. The maximum absolute atomic E-state index is 4.52. The van der Waals surface area contributed by atoms with Gasteiger partial charge in [0.15, 0.2) is 0 Å². The van der Waals surface area contributed by atoms with Gasteiger partial charge in [-0.15, -0.1) is 0 Å². The number of hydrogen-bond acceptors (Lipinski definition) is 3. The maximum atomic E-state index is 4.52. The zero-order valence-corrected chi connectivity index (χ0v) is 10.8. The van der Waals surface area contributed by atoms with Crippen LogP contribution < -0.4 is 4.90 Å². The van der Waals surface area contributed by atoms with Crippen molar-refractivity contribution in [3.63, 3.8) is 0 Å². The van der Waals surface area contributed by atoms with Crippen LogP contribution in [0.4, 0.5) is 5.82 Å². The van der Waals surface area contributed by atoms with Gasteiger partial charge in [0.05, 0.1) is 0 Å². The van der Waals surface area contributed by atoms with Crippen LogP contribution in [-0.2, 0) is 0 Å². The van der Waals surface area contributed by atoms with Crippen molar-refractivity contribution in [3.8, 4) is 0 Å². The quantitative estimate of drug-likeness (QED) is 0.736. The Hall–Kier alpha value is -1.09. The van der Waals surface area contributed by atoms with E-state index in [9.17, 15) is 0 Å². The molecule has 0 N–H and O–H groups in total. The van der Waals surface area contributed by atoms with Gasteiger partial charge in [-0.1, -0.05) is 6.07 Å². The van der Waals surface area contributed by atoms with Crippen molar-refractivity contribution in [1.29, 1.82) is 0 Å². The number of aryl methyl sites for hydroxylation is 1. The summed E-state index contributed by atoms with van der Waals surface area (Å²) in [7, 11) is 2.22. The molecule has 17 heavy (non-hydrogen) atoms. The third-order valence-corrected chi connectivity index (χ3v) is 4.25. The van der Waals surface area contributed by atoms with Gasteiger partial charge in [-0.2, -0.15) is 0 Å². The first-order valence-corrected chi connectivity index (χ1v) is 6.53. The Balaban J connectivity index is 1.63. The highest BCUT2D eigenvalue weighted by molar-refractivity contribution is 5.39. The van der Waals surface area contributed by atoms with Gasteiger partial charge in [-0.25, -0.2) is 4.98 Å². The third kappa shape index (κ3) is 2.04. The average Bonchev–Trinajstić information content (AvgIpc) is 2.30. The van der Waals surface area contributed by atoms with E-state index in [-0.39, 0.29) is 0 Å². The highest BCUT2D eigenvalue weighted by Gasteiger charge is 2.43. The summed E-state index contributed by atoms with van der Waals surface area (Å²) in [6, 6.07) is 4.31. The molecule has 0 aliphatic carbocycles. The normalized spacial score (nSPS) is 23.8. The van der Waals surface area contributed by atoms with E-state index in [0.717, 1.165) is 5.82 Å². The summed E-state index contributed by atoms with van der Waals surface area (Å²) in [5.74, 6) is 1.15. The number of likely N-dealkylation sites (tertiary alicyclic amines) is 1. The molecule has 1 aromatic rings. The van der Waals surface area contributed by atoms with Crippen molar-refractivity contribution >= 4 is 5.82 Å². The summed E-state index contributed by atoms with van der Waals surface area (Å²) < 4.78 is 0. The summed E-state index contributed by atoms with van der Waals surface area (Å²) in [4.78, 5) is 9.39. The predicted octanol–water partition coefficient (Wildman–Crippen LogP) is 1.92. The second-order valence-corrected chi connectivity index (χ2v) is 5.85. The Kier molecular flexibility index (Phi) is 2.58. The second-order valence-electron chi connectivity index (χ2n) is 5.85. The van der Waals surface area contributed by atoms with E-state index >= 15 is 0 Å². The van der Waals surface area contributed by atoms with Gasteiger partial charge >= 0.3 is 0 Å². The van der Waals surface area contributed by atoms with Crippen LogP contribution in [0.3, 0.4) is 0 Å². The minimum Gasteiger partial charge on any atom is -0.357 e. The molecule has 1 spiro atoms. The van der Waals surface area contributed by atoms with Crippen molar-refractivity contribution in [1.82, 2.24) is 9.88 Å². The molecule has 0 amide bonds. The molecule has 3 heterocycles. The Bertz CT molecular complexity index is 382. The molecule has 3 rings (SSSR count). The smallest absolute Gasteiger partial charge is 0.128 e. The molecule has 0 atom stereocenters. The summed E-state index contributed by atoms with van der Waals surface area (Å²) in [5.41, 5.74) is 1.87. The molecular formula is C14H21N3. The topological polar surface area (TPSA) is 19.4 Å². The molecule has 2 aliphatic heterocycles. The number of rotatable bonds is 1. The molecule has 2 saturated heterocycles. The third-order valence-electron chi connectivity index (χ3n) is 4.25. The second kappa shape index (κ2) is 3.98. The molecule has 92 valence electrons. The number of anilines is 1. The summed E-state index contributed by atoms with van der Waals surface area (Å²) in [6.45, 7) is 7.02. The molecule has 0 bridgehead atoms. The number of aromatic nitrogens is 1. The minimum absolute atomic E-state index is 0.635. The molecule has 0 aromatic carbocycles. The summed E-state index contributed by atoms with van der Waals surface area (Å²) in [6.07, 6.45) is 4.62. The lowest BCUT2D eigenvalue weighted by Gasteiger charge is -2.53. The molecule has 0 saturated carbocycles. The average molecular weight is 231 g/mol. The van der Waals surface area contributed by atoms with Crippen LogP contribution in [0.25, 0.3) is 0 Å². The Morgan fingerprint density at radius 2 is 1.88 bits per heavy atom. The maximum Gasteiger partial charge on any atom is 0.128 e. The molecule has 3 nitrogen and oxygen atoms in total. The van der Waals surface area contributed by atoms with Crippen LogP contribution in [0.5, 0.6) is 0 Å². The standard InChI is InChI=1S/C14H21N3/c1-12-3-4-13(15-9-12)17-7-5-14(6-8-17)10-16(2)11-14/h3-4,9H,5-8,10-11H2,1-2H3. The highest BCUT2D eigenvalue weighted by Crippen LogP contribution is 2.40. The van der Waals surface area contributed by atoms with Gasteiger partial charge in [0, 0.05) is 32.4 Å². The van der Waals surface area contributed by atoms with E-state index in [2.05, 4.69) is 40.9 Å². The number of nitrogens with zero attached hydrogens (tertiary/aromatic N) is 3. The number of pyridine rings is 1. The molecule has 0 radical (unpaired) electrons. The lowest BCUT2D eigenvalue weighted by Crippen LogP contribution is -2.58. The highest BCUT2D eigenvalue weighted by atomic mass is 15.2. The van der Waals surface area contributed by atoms with Gasteiger partial charge in [0.2, 0.25) is 0 Å². The van der Waals surface area contributed by atoms with Crippen LogP contribution >= 0.6 is 0 Å². The van der Waals surface area contributed by atoms with E-state index < -0.39 is 0 Å². The van der Waals surface area contributed by atoms with Crippen LogP contribution in [-0.4, -0.2) is 43.1 Å². The predicted molar refractivity (Wildman–Crippen MR) is 70.4 cm³/mol. The fourth-order valence-corrected chi connectivity index (χ4v) is 3.27. The SMILES string of the molecule is Cc1ccc(N2CCC3(CC2)CN(C)C3)nc1. The zero-order chi connectivity index (χ0) is 11.9. The first-order chi connectivity index (χ1) is 8.17. The summed E-state index contributed by atoms with van der Waals surface area (Å²) in [5, 5.41) is 0. The number of piperidine rings is 1. The van der Waals surface area contributed by atoms with Crippen LogP contribution in [0, 0.1) is 12.3 Å². The molecule has 2 fully saturated rings. The van der Waals surface area contributed by atoms with Crippen LogP contribution in [0.1, 0.15) is 18.4 Å². The van der Waals surface area contributed by atoms with Crippen LogP contribution in [0.2, 0.25) is 0 Å². The van der Waals surface area contributed by atoms with Gasteiger partial charge in [-0.05, 0) is 43.9 Å². The van der Waals surface area contributed by atoms with E-state index in [4.69, 9.17) is 0 Å². The first kappa shape index (κ1) is 11.0. The number of hydrogen-bond donors (Lipinski definition) is 0. The van der Waals surface area contributed by atoms with Crippen molar-refractivity contribution < 1.29 is 0 Å². The monoisotopic (exact) mass is 231 g/mol. The Morgan fingerprint density at radius 3 is 2.41 bits per heavy atom. The largest absolute Gasteiger partial charge is 0.357 e. The summed E-state index contributed by atoms with van der Waals surface area (Å²) >= 11 is 0. The minimum atomic E-state index is 0.635. The fourth-order valence-electron chi connectivity index (χ4n) is 3.27. The van der Waals surface area contributed by atoms with Gasteiger partial charge < -0.3 is 9.80 Å². The van der Waals surface area contributed by atoms with Crippen molar-refractivity contribution in [3.05, 3.63) is 23.9 Å². The first-order valence-electron chi connectivity index (χ1n) is 6.53. The van der Waals surface area contributed by atoms with E-state index in [1.807, 2.05) is 6.20 Å². The molecule has 0 unspecified atom stereocenters. The van der Waals surface area contributed by atoms with Gasteiger partial charge in [0.25, 0.3) is 0 Å². The molecular weight excluding hydrogens is 210 g/mol. The Labute approximate surface area is 103 Å². The van der Waals surface area contributed by atoms with Crippen molar-refractivity contribution in [2.24, 2.45) is 5.41 Å². The van der Waals surface area contributed by atoms with Crippen LogP contribution in [0.15, 0.2) is 18.3 Å².